The van der Waals surface area contributed by atoms with Crippen LogP contribution in [0, 0.1) is 5.92 Å². The first-order chi connectivity index (χ1) is 6.89. The number of carbonyl (C=O) groups is 1. The zero-order valence-corrected chi connectivity index (χ0v) is 9.59. The van der Waals surface area contributed by atoms with Gasteiger partial charge < -0.3 is 5.11 Å². The number of carboxylic acids is 1. The van der Waals surface area contributed by atoms with Crippen LogP contribution in [0.2, 0.25) is 0 Å². The lowest BCUT2D eigenvalue weighted by molar-refractivity contribution is -0.136. The lowest BCUT2D eigenvalue weighted by Gasteiger charge is -2.12. The molecule has 0 aliphatic heterocycles. The van der Waals surface area contributed by atoms with Crippen LogP contribution >= 0.6 is 0 Å². The van der Waals surface area contributed by atoms with E-state index in [1.165, 1.54) is 12.8 Å². The zero-order valence-electron chi connectivity index (χ0n) is 8.77. The van der Waals surface area contributed by atoms with Crippen LogP contribution in [0.1, 0.15) is 32.6 Å². The monoisotopic (exact) mass is 235 g/mol. The fourth-order valence-electron chi connectivity index (χ4n) is 1.49. The SMILES string of the molecule is CC(CC1CC1)NS(=O)(=O)CCC(=O)O. The molecule has 1 aliphatic rings. The van der Waals surface area contributed by atoms with Crippen LogP contribution in [0.25, 0.3) is 0 Å². The van der Waals surface area contributed by atoms with E-state index in [1.54, 1.807) is 0 Å². The summed E-state index contributed by atoms with van der Waals surface area (Å²) in [5, 5.41) is 8.37. The highest BCUT2D eigenvalue weighted by Gasteiger charge is 2.25. The molecular formula is C9H17NO4S. The lowest BCUT2D eigenvalue weighted by Crippen LogP contribution is -2.35. The fraction of sp³-hybridized carbons (Fsp3) is 0.889. The average molecular weight is 235 g/mol. The number of nitrogens with one attached hydrogen (secondary N) is 1. The number of sulfonamides is 1. The van der Waals surface area contributed by atoms with Gasteiger partial charge in [0.15, 0.2) is 0 Å². The molecule has 88 valence electrons. The third-order valence-electron chi connectivity index (χ3n) is 2.35. The smallest absolute Gasteiger partial charge is 0.304 e. The number of hydrogen-bond donors (Lipinski definition) is 2. The zero-order chi connectivity index (χ0) is 11.5. The maximum Gasteiger partial charge on any atom is 0.304 e. The Morgan fingerprint density at radius 1 is 1.53 bits per heavy atom. The van der Waals surface area contributed by atoms with Crippen molar-refractivity contribution in [2.75, 3.05) is 5.75 Å². The van der Waals surface area contributed by atoms with Crippen molar-refractivity contribution in [1.82, 2.24) is 4.72 Å². The van der Waals surface area contributed by atoms with Gasteiger partial charge in [0.05, 0.1) is 12.2 Å². The van der Waals surface area contributed by atoms with Gasteiger partial charge in [-0.1, -0.05) is 12.8 Å². The molecule has 0 bridgehead atoms. The van der Waals surface area contributed by atoms with E-state index in [9.17, 15) is 13.2 Å². The summed E-state index contributed by atoms with van der Waals surface area (Å²) in [6.45, 7) is 1.82. The number of aliphatic carboxylic acids is 1. The average Bonchev–Trinajstić information content (AvgIpc) is 2.83. The molecule has 1 rings (SSSR count). The van der Waals surface area contributed by atoms with Gasteiger partial charge >= 0.3 is 5.97 Å². The second-order valence-electron chi connectivity index (χ2n) is 4.16. The van der Waals surface area contributed by atoms with E-state index < -0.39 is 16.0 Å². The fourth-order valence-corrected chi connectivity index (χ4v) is 2.76. The van der Waals surface area contributed by atoms with Crippen molar-refractivity contribution >= 4 is 16.0 Å². The van der Waals surface area contributed by atoms with Gasteiger partial charge in [-0.2, -0.15) is 0 Å². The molecule has 1 fully saturated rings. The normalized spacial score (nSPS) is 18.7. The number of rotatable bonds is 7. The molecule has 0 aromatic rings. The summed E-state index contributed by atoms with van der Waals surface area (Å²) >= 11 is 0. The standard InChI is InChI=1S/C9H17NO4S/c1-7(6-8-2-3-8)10-15(13,14)5-4-9(11)12/h7-8,10H,2-6H2,1H3,(H,11,12). The van der Waals surface area contributed by atoms with E-state index in [0.29, 0.717) is 5.92 Å². The first-order valence-corrected chi connectivity index (χ1v) is 6.76. The molecule has 0 aromatic carbocycles. The third-order valence-corrected chi connectivity index (χ3v) is 3.85. The molecule has 0 heterocycles. The first kappa shape index (κ1) is 12.4. The van der Waals surface area contributed by atoms with E-state index in [-0.39, 0.29) is 18.2 Å². The Bertz CT molecular complexity index is 321. The summed E-state index contributed by atoms with van der Waals surface area (Å²) in [5.41, 5.74) is 0. The largest absolute Gasteiger partial charge is 0.481 e. The van der Waals surface area contributed by atoms with Gasteiger partial charge in [0.25, 0.3) is 0 Å². The summed E-state index contributed by atoms with van der Waals surface area (Å²) in [6.07, 6.45) is 2.88. The van der Waals surface area contributed by atoms with Gasteiger partial charge in [0.1, 0.15) is 0 Å². The predicted octanol–water partition coefficient (Wildman–Crippen LogP) is 0.569. The van der Waals surface area contributed by atoms with E-state index in [2.05, 4.69) is 4.72 Å². The molecule has 0 amide bonds. The van der Waals surface area contributed by atoms with Crippen LogP contribution in [-0.2, 0) is 14.8 Å². The molecule has 2 N–H and O–H groups in total. The molecule has 1 atom stereocenters. The molecule has 1 unspecified atom stereocenters. The van der Waals surface area contributed by atoms with Crippen LogP contribution in [0.5, 0.6) is 0 Å². The Hall–Kier alpha value is -0.620. The Morgan fingerprint density at radius 3 is 2.60 bits per heavy atom. The van der Waals surface area contributed by atoms with Gasteiger partial charge in [0, 0.05) is 6.04 Å². The number of carboxylic acid groups (broad SMARTS) is 1. The molecule has 15 heavy (non-hydrogen) atoms. The van der Waals surface area contributed by atoms with Crippen molar-refractivity contribution in [3.05, 3.63) is 0 Å². The minimum absolute atomic E-state index is 0.0868. The first-order valence-electron chi connectivity index (χ1n) is 5.11. The Morgan fingerprint density at radius 2 is 2.13 bits per heavy atom. The van der Waals surface area contributed by atoms with E-state index in [4.69, 9.17) is 5.11 Å². The van der Waals surface area contributed by atoms with Crippen LogP contribution in [-0.4, -0.2) is 31.3 Å². The lowest BCUT2D eigenvalue weighted by atomic mass is 10.2. The highest BCUT2D eigenvalue weighted by molar-refractivity contribution is 7.89. The molecule has 5 nitrogen and oxygen atoms in total. The van der Waals surface area contributed by atoms with Crippen LogP contribution in [0.4, 0.5) is 0 Å². The molecule has 0 saturated heterocycles. The van der Waals surface area contributed by atoms with E-state index in [0.717, 1.165) is 6.42 Å². The molecule has 0 spiro atoms. The van der Waals surface area contributed by atoms with Crippen molar-refractivity contribution in [3.63, 3.8) is 0 Å². The van der Waals surface area contributed by atoms with Crippen molar-refractivity contribution in [3.8, 4) is 0 Å². The van der Waals surface area contributed by atoms with Crippen molar-refractivity contribution in [1.29, 1.82) is 0 Å². The molecule has 0 aromatic heterocycles. The van der Waals surface area contributed by atoms with E-state index in [1.807, 2.05) is 6.92 Å². The van der Waals surface area contributed by atoms with Gasteiger partial charge in [-0.3, -0.25) is 4.79 Å². The van der Waals surface area contributed by atoms with Crippen LogP contribution in [0.3, 0.4) is 0 Å². The summed E-state index contributed by atoms with van der Waals surface area (Å²) in [7, 11) is -3.42. The second-order valence-corrected chi connectivity index (χ2v) is 6.03. The van der Waals surface area contributed by atoms with Crippen LogP contribution in [0.15, 0.2) is 0 Å². The molecule has 0 radical (unpaired) electrons. The molecule has 1 aliphatic carbocycles. The quantitative estimate of drug-likeness (QED) is 0.675. The summed E-state index contributed by atoms with van der Waals surface area (Å²) in [6, 6.07) is -0.0868. The maximum atomic E-state index is 11.4. The topological polar surface area (TPSA) is 83.5 Å². The van der Waals surface area contributed by atoms with Crippen LogP contribution < -0.4 is 4.72 Å². The van der Waals surface area contributed by atoms with Crippen molar-refractivity contribution < 1.29 is 18.3 Å². The summed E-state index contributed by atoms with van der Waals surface area (Å²) < 4.78 is 25.2. The van der Waals surface area contributed by atoms with Crippen molar-refractivity contribution in [2.45, 2.75) is 38.6 Å². The highest BCUT2D eigenvalue weighted by atomic mass is 32.2. The van der Waals surface area contributed by atoms with Gasteiger partial charge in [-0.25, -0.2) is 13.1 Å². The van der Waals surface area contributed by atoms with Gasteiger partial charge in [-0.15, -0.1) is 0 Å². The Balaban J connectivity index is 2.29. The third kappa shape index (κ3) is 5.74. The maximum absolute atomic E-state index is 11.4. The van der Waals surface area contributed by atoms with Gasteiger partial charge in [-0.05, 0) is 19.3 Å². The van der Waals surface area contributed by atoms with E-state index >= 15 is 0 Å². The molecule has 6 heteroatoms. The molecule has 1 saturated carbocycles. The molecular weight excluding hydrogens is 218 g/mol. The highest BCUT2D eigenvalue weighted by Crippen LogP contribution is 2.33. The van der Waals surface area contributed by atoms with Gasteiger partial charge in [0.2, 0.25) is 10.0 Å². The number of hydrogen-bond acceptors (Lipinski definition) is 3. The predicted molar refractivity (Wildman–Crippen MR) is 56.0 cm³/mol. The Kier molecular flexibility index (Phi) is 4.10. The summed E-state index contributed by atoms with van der Waals surface area (Å²) in [5.74, 6) is -0.769. The second kappa shape index (κ2) is 4.94. The van der Waals surface area contributed by atoms with Crippen molar-refractivity contribution in [2.24, 2.45) is 5.92 Å². The minimum atomic E-state index is -3.42. The Labute approximate surface area is 89.9 Å². The minimum Gasteiger partial charge on any atom is -0.481 e. The summed E-state index contributed by atoms with van der Waals surface area (Å²) in [4.78, 5) is 10.2.